The Hall–Kier alpha value is -2.30. The summed E-state index contributed by atoms with van der Waals surface area (Å²) in [5, 5.41) is 3.97. The van der Waals surface area contributed by atoms with Gasteiger partial charge in [-0.15, -0.1) is 0 Å². The van der Waals surface area contributed by atoms with Gasteiger partial charge in [0.1, 0.15) is 11.6 Å². The molecule has 0 bridgehead atoms. The standard InChI is InChI=1S/C14H11F3N2/c1-9(10-2-4-11(15)5-3-10)18-19-14-7-6-12(16)8-13(14)17/h2-8,19H,1H3. The summed E-state index contributed by atoms with van der Waals surface area (Å²) >= 11 is 0. The number of hydrogen-bond acceptors (Lipinski definition) is 2. The SMILES string of the molecule is CC(=NNc1ccc(F)cc1F)c1ccc(F)cc1. The van der Waals surface area contributed by atoms with Crippen molar-refractivity contribution in [3.63, 3.8) is 0 Å². The van der Waals surface area contributed by atoms with Crippen LogP contribution in [0.3, 0.4) is 0 Å². The third-order valence-corrected chi connectivity index (χ3v) is 2.54. The van der Waals surface area contributed by atoms with E-state index in [1.54, 1.807) is 19.1 Å². The first kappa shape index (κ1) is 13.1. The lowest BCUT2D eigenvalue weighted by Crippen LogP contribution is -2.01. The van der Waals surface area contributed by atoms with Crippen LogP contribution in [-0.4, -0.2) is 5.71 Å². The second-order valence-electron chi connectivity index (χ2n) is 3.94. The summed E-state index contributed by atoms with van der Waals surface area (Å²) in [7, 11) is 0. The molecule has 0 atom stereocenters. The van der Waals surface area contributed by atoms with E-state index in [-0.39, 0.29) is 11.5 Å². The summed E-state index contributed by atoms with van der Waals surface area (Å²) in [6.07, 6.45) is 0. The molecule has 2 aromatic carbocycles. The van der Waals surface area contributed by atoms with Crippen molar-refractivity contribution < 1.29 is 13.2 Å². The van der Waals surface area contributed by atoms with Crippen LogP contribution >= 0.6 is 0 Å². The van der Waals surface area contributed by atoms with E-state index < -0.39 is 11.6 Å². The van der Waals surface area contributed by atoms with Crippen LogP contribution in [0, 0.1) is 17.5 Å². The highest BCUT2D eigenvalue weighted by atomic mass is 19.1. The van der Waals surface area contributed by atoms with Gasteiger partial charge in [0, 0.05) is 6.07 Å². The van der Waals surface area contributed by atoms with Crippen LogP contribution in [0.4, 0.5) is 18.9 Å². The van der Waals surface area contributed by atoms with Gasteiger partial charge in [0.05, 0.1) is 11.4 Å². The number of benzene rings is 2. The molecule has 0 heterocycles. The third-order valence-electron chi connectivity index (χ3n) is 2.54. The van der Waals surface area contributed by atoms with Crippen LogP contribution in [0.15, 0.2) is 47.6 Å². The van der Waals surface area contributed by atoms with Crippen LogP contribution in [0.1, 0.15) is 12.5 Å². The molecule has 5 heteroatoms. The molecule has 0 aromatic heterocycles. The van der Waals surface area contributed by atoms with Crippen molar-refractivity contribution in [2.24, 2.45) is 5.10 Å². The maximum absolute atomic E-state index is 13.3. The molecule has 0 unspecified atom stereocenters. The highest BCUT2D eigenvalue weighted by molar-refractivity contribution is 5.99. The van der Waals surface area contributed by atoms with E-state index in [0.29, 0.717) is 11.3 Å². The minimum Gasteiger partial charge on any atom is -0.275 e. The van der Waals surface area contributed by atoms with Crippen molar-refractivity contribution in [3.05, 3.63) is 65.5 Å². The average molecular weight is 264 g/mol. The fraction of sp³-hybridized carbons (Fsp3) is 0.0714. The predicted octanol–water partition coefficient (Wildman–Crippen LogP) is 3.94. The van der Waals surface area contributed by atoms with Gasteiger partial charge in [0.25, 0.3) is 0 Å². The van der Waals surface area contributed by atoms with Gasteiger partial charge in [-0.2, -0.15) is 5.10 Å². The zero-order valence-electron chi connectivity index (χ0n) is 10.1. The van der Waals surface area contributed by atoms with Crippen molar-refractivity contribution in [1.82, 2.24) is 0 Å². The number of hydrogen-bond donors (Lipinski definition) is 1. The fourth-order valence-corrected chi connectivity index (χ4v) is 1.48. The zero-order chi connectivity index (χ0) is 13.8. The van der Waals surface area contributed by atoms with Gasteiger partial charge in [0.15, 0.2) is 5.82 Å². The summed E-state index contributed by atoms with van der Waals surface area (Å²) in [6, 6.07) is 8.92. The molecule has 98 valence electrons. The van der Waals surface area contributed by atoms with Gasteiger partial charge in [-0.3, -0.25) is 5.43 Å². The Balaban J connectivity index is 2.15. The molecular weight excluding hydrogens is 253 g/mol. The number of nitrogens with zero attached hydrogens (tertiary/aromatic N) is 1. The van der Waals surface area contributed by atoms with Gasteiger partial charge in [-0.25, -0.2) is 13.2 Å². The molecule has 0 radical (unpaired) electrons. The van der Waals surface area contributed by atoms with Gasteiger partial charge >= 0.3 is 0 Å². The Morgan fingerprint density at radius 3 is 2.21 bits per heavy atom. The number of nitrogens with one attached hydrogen (secondary N) is 1. The molecule has 1 N–H and O–H groups in total. The van der Waals surface area contributed by atoms with E-state index in [4.69, 9.17) is 0 Å². The highest BCUT2D eigenvalue weighted by Crippen LogP contribution is 2.15. The fourth-order valence-electron chi connectivity index (χ4n) is 1.48. The zero-order valence-corrected chi connectivity index (χ0v) is 10.1. The molecule has 0 aliphatic heterocycles. The van der Waals surface area contributed by atoms with E-state index in [1.165, 1.54) is 18.2 Å². The van der Waals surface area contributed by atoms with E-state index in [1.807, 2.05) is 0 Å². The Kier molecular flexibility index (Phi) is 3.85. The minimum absolute atomic E-state index is 0.0721. The molecule has 2 rings (SSSR count). The molecule has 0 aliphatic rings. The highest BCUT2D eigenvalue weighted by Gasteiger charge is 2.03. The summed E-state index contributed by atoms with van der Waals surface area (Å²) in [5.41, 5.74) is 3.84. The Morgan fingerprint density at radius 2 is 1.58 bits per heavy atom. The van der Waals surface area contributed by atoms with Crippen LogP contribution in [0.25, 0.3) is 0 Å². The third kappa shape index (κ3) is 3.34. The van der Waals surface area contributed by atoms with Crippen molar-refractivity contribution >= 4 is 11.4 Å². The molecule has 0 saturated heterocycles. The average Bonchev–Trinajstić information content (AvgIpc) is 2.38. The summed E-state index contributed by atoms with van der Waals surface area (Å²) in [4.78, 5) is 0. The van der Waals surface area contributed by atoms with Gasteiger partial charge in [0.2, 0.25) is 0 Å². The minimum atomic E-state index is -0.726. The predicted molar refractivity (Wildman–Crippen MR) is 68.6 cm³/mol. The topological polar surface area (TPSA) is 24.4 Å². The Labute approximate surface area is 108 Å². The number of halogens is 3. The molecule has 2 aromatic rings. The van der Waals surface area contributed by atoms with Crippen LogP contribution in [0.2, 0.25) is 0 Å². The molecule has 2 nitrogen and oxygen atoms in total. The van der Waals surface area contributed by atoms with Gasteiger partial charge in [-0.05, 0) is 36.8 Å². The molecule has 0 amide bonds. The molecule has 19 heavy (non-hydrogen) atoms. The van der Waals surface area contributed by atoms with Gasteiger partial charge in [-0.1, -0.05) is 12.1 Å². The summed E-state index contributed by atoms with van der Waals surface area (Å²) in [6.45, 7) is 1.70. The van der Waals surface area contributed by atoms with Crippen molar-refractivity contribution in [2.75, 3.05) is 5.43 Å². The Morgan fingerprint density at radius 1 is 0.947 bits per heavy atom. The van der Waals surface area contributed by atoms with E-state index >= 15 is 0 Å². The first-order valence-electron chi connectivity index (χ1n) is 5.57. The maximum atomic E-state index is 13.3. The lowest BCUT2D eigenvalue weighted by molar-refractivity contribution is 0.585. The lowest BCUT2D eigenvalue weighted by atomic mass is 10.1. The first-order chi connectivity index (χ1) is 9.06. The second kappa shape index (κ2) is 5.56. The van der Waals surface area contributed by atoms with Crippen LogP contribution in [-0.2, 0) is 0 Å². The van der Waals surface area contributed by atoms with E-state index in [2.05, 4.69) is 10.5 Å². The van der Waals surface area contributed by atoms with Crippen molar-refractivity contribution in [3.8, 4) is 0 Å². The summed E-state index contributed by atoms with van der Waals surface area (Å²) < 4.78 is 38.8. The molecular formula is C14H11F3N2. The number of hydrazone groups is 1. The monoisotopic (exact) mass is 264 g/mol. The van der Waals surface area contributed by atoms with Gasteiger partial charge < -0.3 is 0 Å². The Bertz CT molecular complexity index is 607. The number of rotatable bonds is 3. The largest absolute Gasteiger partial charge is 0.275 e. The first-order valence-corrected chi connectivity index (χ1v) is 5.57. The number of anilines is 1. The molecule has 0 spiro atoms. The smallest absolute Gasteiger partial charge is 0.151 e. The van der Waals surface area contributed by atoms with Crippen LogP contribution in [0.5, 0.6) is 0 Å². The molecule has 0 aliphatic carbocycles. The quantitative estimate of drug-likeness (QED) is 0.659. The van der Waals surface area contributed by atoms with Crippen molar-refractivity contribution in [1.29, 1.82) is 0 Å². The van der Waals surface area contributed by atoms with E-state index in [9.17, 15) is 13.2 Å². The lowest BCUT2D eigenvalue weighted by Gasteiger charge is -2.04. The summed E-state index contributed by atoms with van der Waals surface area (Å²) in [5.74, 6) is -1.72. The van der Waals surface area contributed by atoms with Crippen LogP contribution < -0.4 is 5.43 Å². The normalized spacial score (nSPS) is 11.5. The maximum Gasteiger partial charge on any atom is 0.151 e. The second-order valence-corrected chi connectivity index (χ2v) is 3.94. The molecule has 0 saturated carbocycles. The van der Waals surface area contributed by atoms with Crippen molar-refractivity contribution in [2.45, 2.75) is 6.92 Å². The molecule has 0 fully saturated rings. The van der Waals surface area contributed by atoms with E-state index in [0.717, 1.165) is 12.1 Å².